The molecular weight excluding hydrogens is 392 g/mol. The molecule has 2 aliphatic heterocycles. The molecule has 0 atom stereocenters. The summed E-state index contributed by atoms with van der Waals surface area (Å²) in [6.45, 7) is 3.38. The number of anilines is 1. The summed E-state index contributed by atoms with van der Waals surface area (Å²) in [5.74, 6) is -0.117. The second kappa shape index (κ2) is 8.62. The molecule has 29 heavy (non-hydrogen) atoms. The number of carbonyl (C=O) groups is 1. The SMILES string of the molecule is O=C(CN1CCN(S(=O)(=O)N2CCCC2)CC1)Nc1ccccc1-n1ccnc1. The zero-order chi connectivity index (χ0) is 20.3. The van der Waals surface area contributed by atoms with E-state index in [1.807, 2.05) is 39.9 Å². The van der Waals surface area contributed by atoms with Crippen LogP contribution in [0.15, 0.2) is 43.0 Å². The number of imidazole rings is 1. The monoisotopic (exact) mass is 418 g/mol. The minimum atomic E-state index is -3.36. The zero-order valence-corrected chi connectivity index (χ0v) is 17.1. The lowest BCUT2D eigenvalue weighted by Crippen LogP contribution is -2.53. The molecule has 0 aliphatic carbocycles. The number of hydrogen-bond donors (Lipinski definition) is 1. The molecule has 0 radical (unpaired) electrons. The van der Waals surface area contributed by atoms with Gasteiger partial charge in [-0.05, 0) is 25.0 Å². The van der Waals surface area contributed by atoms with Gasteiger partial charge in [-0.25, -0.2) is 4.98 Å². The zero-order valence-electron chi connectivity index (χ0n) is 16.3. The van der Waals surface area contributed by atoms with Gasteiger partial charge in [0.2, 0.25) is 5.91 Å². The maximum atomic E-state index is 12.7. The molecule has 10 heteroatoms. The lowest BCUT2D eigenvalue weighted by Gasteiger charge is -2.35. The highest BCUT2D eigenvalue weighted by Gasteiger charge is 2.34. The summed E-state index contributed by atoms with van der Waals surface area (Å²) in [5.41, 5.74) is 1.56. The van der Waals surface area contributed by atoms with E-state index in [9.17, 15) is 13.2 Å². The number of rotatable bonds is 6. The quantitative estimate of drug-likeness (QED) is 0.748. The second-order valence-corrected chi connectivity index (χ2v) is 9.25. The first kappa shape index (κ1) is 20.0. The Bertz CT molecular complexity index is 933. The highest BCUT2D eigenvalue weighted by Crippen LogP contribution is 2.20. The molecule has 1 amide bonds. The average molecular weight is 419 g/mol. The first-order valence-corrected chi connectivity index (χ1v) is 11.3. The lowest BCUT2D eigenvalue weighted by molar-refractivity contribution is -0.117. The Morgan fingerprint density at radius 1 is 1.00 bits per heavy atom. The van der Waals surface area contributed by atoms with E-state index in [1.165, 1.54) is 0 Å². The van der Waals surface area contributed by atoms with Crippen molar-refractivity contribution in [2.45, 2.75) is 12.8 Å². The van der Waals surface area contributed by atoms with Crippen molar-refractivity contribution in [1.29, 1.82) is 0 Å². The number of carbonyl (C=O) groups excluding carboxylic acids is 1. The highest BCUT2D eigenvalue weighted by atomic mass is 32.2. The minimum Gasteiger partial charge on any atom is -0.323 e. The molecule has 0 spiro atoms. The third-order valence-corrected chi connectivity index (χ3v) is 7.41. The molecule has 0 saturated carbocycles. The van der Waals surface area contributed by atoms with Crippen LogP contribution in [0.25, 0.3) is 5.69 Å². The van der Waals surface area contributed by atoms with Crippen LogP contribution in [0, 0.1) is 0 Å². The standard InChI is InChI=1S/C19H26N6O3S/c26-19(21-17-5-1-2-6-18(17)23-10-7-20-16-23)15-22-11-13-25(14-12-22)29(27,28)24-8-3-4-9-24/h1-2,5-7,10,16H,3-4,8-9,11-15H2,(H,21,26). The molecule has 2 fully saturated rings. The van der Waals surface area contributed by atoms with Gasteiger partial charge in [-0.15, -0.1) is 0 Å². The summed E-state index contributed by atoms with van der Waals surface area (Å²) in [6, 6.07) is 7.55. The van der Waals surface area contributed by atoms with Crippen LogP contribution in [0.5, 0.6) is 0 Å². The topological polar surface area (TPSA) is 90.8 Å². The summed E-state index contributed by atoms with van der Waals surface area (Å²) >= 11 is 0. The van der Waals surface area contributed by atoms with E-state index in [-0.39, 0.29) is 12.5 Å². The molecule has 1 aromatic heterocycles. The Hall–Kier alpha value is -2.27. The maximum absolute atomic E-state index is 12.7. The fourth-order valence-electron chi connectivity index (χ4n) is 3.80. The van der Waals surface area contributed by atoms with Gasteiger partial charge in [0.15, 0.2) is 0 Å². The Morgan fingerprint density at radius 2 is 1.69 bits per heavy atom. The van der Waals surface area contributed by atoms with Gasteiger partial charge in [0.25, 0.3) is 10.2 Å². The van der Waals surface area contributed by atoms with Crippen LogP contribution in [0.2, 0.25) is 0 Å². The summed E-state index contributed by atoms with van der Waals surface area (Å²) in [7, 11) is -3.36. The Labute approximate surface area is 171 Å². The van der Waals surface area contributed by atoms with Crippen LogP contribution < -0.4 is 5.32 Å². The van der Waals surface area contributed by atoms with Gasteiger partial charge in [0, 0.05) is 51.7 Å². The van der Waals surface area contributed by atoms with Crippen molar-refractivity contribution in [3.63, 3.8) is 0 Å². The maximum Gasteiger partial charge on any atom is 0.282 e. The lowest BCUT2D eigenvalue weighted by atomic mass is 10.2. The first-order chi connectivity index (χ1) is 14.0. The van der Waals surface area contributed by atoms with Crippen LogP contribution in [0.3, 0.4) is 0 Å². The van der Waals surface area contributed by atoms with E-state index >= 15 is 0 Å². The molecule has 2 aromatic rings. The van der Waals surface area contributed by atoms with E-state index in [0.29, 0.717) is 45.0 Å². The highest BCUT2D eigenvalue weighted by molar-refractivity contribution is 7.86. The summed E-state index contributed by atoms with van der Waals surface area (Å²) < 4.78 is 30.3. The van der Waals surface area contributed by atoms with Crippen molar-refractivity contribution >= 4 is 21.8 Å². The average Bonchev–Trinajstić information content (AvgIpc) is 3.43. The molecular formula is C19H26N6O3S. The Morgan fingerprint density at radius 3 is 2.38 bits per heavy atom. The summed E-state index contributed by atoms with van der Waals surface area (Å²) in [4.78, 5) is 18.6. The van der Waals surface area contributed by atoms with Crippen molar-refractivity contribution < 1.29 is 13.2 Å². The summed E-state index contributed by atoms with van der Waals surface area (Å²) in [5, 5.41) is 2.96. The second-order valence-electron chi connectivity index (χ2n) is 7.32. The minimum absolute atomic E-state index is 0.117. The van der Waals surface area contributed by atoms with Crippen molar-refractivity contribution in [2.75, 3.05) is 51.1 Å². The van der Waals surface area contributed by atoms with Crippen LogP contribution in [-0.2, 0) is 15.0 Å². The van der Waals surface area contributed by atoms with E-state index in [2.05, 4.69) is 10.3 Å². The molecule has 9 nitrogen and oxygen atoms in total. The fraction of sp³-hybridized carbons (Fsp3) is 0.474. The predicted molar refractivity (Wildman–Crippen MR) is 110 cm³/mol. The van der Waals surface area contributed by atoms with Crippen molar-refractivity contribution in [1.82, 2.24) is 23.1 Å². The van der Waals surface area contributed by atoms with Crippen LogP contribution in [-0.4, -0.2) is 83.2 Å². The normalized spacial score (nSPS) is 19.4. The molecule has 2 saturated heterocycles. The molecule has 4 rings (SSSR count). The number of amides is 1. The molecule has 1 N–H and O–H groups in total. The van der Waals surface area contributed by atoms with Gasteiger partial charge in [0.05, 0.1) is 24.2 Å². The third-order valence-electron chi connectivity index (χ3n) is 5.38. The fourth-order valence-corrected chi connectivity index (χ4v) is 5.47. The number of aromatic nitrogens is 2. The van der Waals surface area contributed by atoms with Gasteiger partial charge >= 0.3 is 0 Å². The Balaban J connectivity index is 1.32. The van der Waals surface area contributed by atoms with E-state index < -0.39 is 10.2 Å². The first-order valence-electron chi connectivity index (χ1n) is 9.89. The molecule has 0 bridgehead atoms. The number of piperazine rings is 1. The molecule has 1 aromatic carbocycles. The Kier molecular flexibility index (Phi) is 5.95. The van der Waals surface area contributed by atoms with Crippen molar-refractivity contribution in [3.05, 3.63) is 43.0 Å². The van der Waals surface area contributed by atoms with E-state index in [1.54, 1.807) is 21.1 Å². The molecule has 2 aliphatic rings. The van der Waals surface area contributed by atoms with Gasteiger partial charge < -0.3 is 9.88 Å². The number of para-hydroxylation sites is 2. The third kappa shape index (κ3) is 4.50. The van der Waals surface area contributed by atoms with Gasteiger partial charge in [0.1, 0.15) is 0 Å². The van der Waals surface area contributed by atoms with E-state index in [0.717, 1.165) is 18.5 Å². The van der Waals surface area contributed by atoms with E-state index in [4.69, 9.17) is 0 Å². The smallest absolute Gasteiger partial charge is 0.282 e. The predicted octanol–water partition coefficient (Wildman–Crippen LogP) is 0.769. The number of nitrogens with one attached hydrogen (secondary N) is 1. The van der Waals surface area contributed by atoms with Crippen LogP contribution >= 0.6 is 0 Å². The van der Waals surface area contributed by atoms with Gasteiger partial charge in [-0.2, -0.15) is 17.0 Å². The van der Waals surface area contributed by atoms with Crippen molar-refractivity contribution in [3.8, 4) is 5.69 Å². The number of nitrogens with zero attached hydrogens (tertiary/aromatic N) is 5. The van der Waals surface area contributed by atoms with Gasteiger partial charge in [-0.3, -0.25) is 9.69 Å². The van der Waals surface area contributed by atoms with Crippen molar-refractivity contribution in [2.24, 2.45) is 0 Å². The van der Waals surface area contributed by atoms with Gasteiger partial charge in [-0.1, -0.05) is 12.1 Å². The number of benzene rings is 1. The number of hydrogen-bond acceptors (Lipinski definition) is 5. The molecule has 3 heterocycles. The largest absolute Gasteiger partial charge is 0.323 e. The van der Waals surface area contributed by atoms with Crippen LogP contribution in [0.4, 0.5) is 5.69 Å². The molecule has 0 unspecified atom stereocenters. The molecule has 156 valence electrons. The summed E-state index contributed by atoms with van der Waals surface area (Å²) in [6.07, 6.45) is 7.06. The van der Waals surface area contributed by atoms with Crippen LogP contribution in [0.1, 0.15) is 12.8 Å².